The quantitative estimate of drug-likeness (QED) is 0.687. The first kappa shape index (κ1) is 14.0. The number of aliphatic hydroxyl groups is 2. The lowest BCUT2D eigenvalue weighted by molar-refractivity contribution is -0.0350. The fourth-order valence-corrected chi connectivity index (χ4v) is 2.08. The van der Waals surface area contributed by atoms with Crippen molar-refractivity contribution < 1.29 is 14.9 Å². The molecular formula is C11H14ClN3O4. The molecule has 2 unspecified atom stereocenters. The van der Waals surface area contributed by atoms with E-state index in [2.05, 4.69) is 11.6 Å². The molecule has 4 N–H and O–H groups in total. The average molecular weight is 288 g/mol. The molecule has 2 heterocycles. The van der Waals surface area contributed by atoms with Crippen LogP contribution in [0, 0.1) is 0 Å². The number of nitrogen functional groups attached to an aromatic ring is 1. The van der Waals surface area contributed by atoms with Gasteiger partial charge in [0.05, 0.1) is 11.7 Å². The van der Waals surface area contributed by atoms with Gasteiger partial charge in [0.1, 0.15) is 18.0 Å². The molecule has 7 nitrogen and oxygen atoms in total. The van der Waals surface area contributed by atoms with Crippen LogP contribution < -0.4 is 11.4 Å². The number of rotatable bonds is 2. The Morgan fingerprint density at radius 3 is 2.68 bits per heavy atom. The molecule has 0 spiro atoms. The third-order valence-corrected chi connectivity index (χ3v) is 3.23. The molecule has 0 saturated carbocycles. The summed E-state index contributed by atoms with van der Waals surface area (Å²) in [5.74, 6) is -0.0534. The van der Waals surface area contributed by atoms with Crippen molar-refractivity contribution in [2.75, 3.05) is 5.73 Å². The molecule has 1 aliphatic rings. The van der Waals surface area contributed by atoms with Crippen LogP contribution in [0.25, 0.3) is 5.03 Å². The second-order valence-electron chi connectivity index (χ2n) is 4.35. The standard InChI is InChI=1S/C11H14ClN3O4/c1-4(12)6-3-15(11(18)14-9(6)13)10-8(17)7(16)5(2)19-10/h3,5,7-8,10,16-17H,1H2,2H3,(H2,13,14,18)/t5-,7?,8?,10-/m1/s1. The van der Waals surface area contributed by atoms with Gasteiger partial charge >= 0.3 is 5.69 Å². The van der Waals surface area contributed by atoms with E-state index in [1.807, 2.05) is 0 Å². The van der Waals surface area contributed by atoms with Crippen molar-refractivity contribution in [1.82, 2.24) is 9.55 Å². The smallest absolute Gasteiger partial charge is 0.351 e. The highest BCUT2D eigenvalue weighted by Crippen LogP contribution is 2.29. The highest BCUT2D eigenvalue weighted by atomic mass is 35.5. The lowest BCUT2D eigenvalue weighted by Crippen LogP contribution is -2.35. The number of aromatic nitrogens is 2. The molecule has 0 aliphatic carbocycles. The molecule has 2 rings (SSSR count). The van der Waals surface area contributed by atoms with Crippen molar-refractivity contribution >= 4 is 22.5 Å². The summed E-state index contributed by atoms with van der Waals surface area (Å²) in [4.78, 5) is 15.4. The second kappa shape index (κ2) is 4.93. The van der Waals surface area contributed by atoms with E-state index in [1.54, 1.807) is 6.92 Å². The SMILES string of the molecule is C=C(Cl)c1cn([C@@H]2O[C@H](C)C(O)C2O)c(=O)nc1N. The Kier molecular flexibility index (Phi) is 3.64. The Morgan fingerprint density at radius 1 is 1.58 bits per heavy atom. The van der Waals surface area contributed by atoms with Gasteiger partial charge in [-0.15, -0.1) is 0 Å². The van der Waals surface area contributed by atoms with Gasteiger partial charge in [0.25, 0.3) is 0 Å². The molecule has 1 aliphatic heterocycles. The Balaban J connectivity index is 2.49. The van der Waals surface area contributed by atoms with Crippen LogP contribution in [-0.4, -0.2) is 38.1 Å². The largest absolute Gasteiger partial charge is 0.388 e. The Morgan fingerprint density at radius 2 is 2.21 bits per heavy atom. The molecule has 0 bridgehead atoms. The van der Waals surface area contributed by atoms with E-state index >= 15 is 0 Å². The van der Waals surface area contributed by atoms with Crippen LogP contribution in [0.3, 0.4) is 0 Å². The van der Waals surface area contributed by atoms with Gasteiger partial charge in [0.15, 0.2) is 6.23 Å². The van der Waals surface area contributed by atoms with E-state index in [9.17, 15) is 15.0 Å². The van der Waals surface area contributed by atoms with Crippen molar-refractivity contribution in [3.05, 3.63) is 28.8 Å². The van der Waals surface area contributed by atoms with E-state index in [0.29, 0.717) is 0 Å². The molecule has 4 atom stereocenters. The molecule has 19 heavy (non-hydrogen) atoms. The number of ether oxygens (including phenoxy) is 1. The van der Waals surface area contributed by atoms with Crippen LogP contribution >= 0.6 is 11.6 Å². The van der Waals surface area contributed by atoms with Gasteiger partial charge in [0.2, 0.25) is 0 Å². The second-order valence-corrected chi connectivity index (χ2v) is 4.80. The predicted molar refractivity (Wildman–Crippen MR) is 69.4 cm³/mol. The van der Waals surface area contributed by atoms with Gasteiger partial charge in [-0.3, -0.25) is 4.57 Å². The van der Waals surface area contributed by atoms with Crippen molar-refractivity contribution in [2.24, 2.45) is 0 Å². The molecule has 1 fully saturated rings. The van der Waals surface area contributed by atoms with Gasteiger partial charge in [-0.1, -0.05) is 18.2 Å². The van der Waals surface area contributed by atoms with E-state index in [0.717, 1.165) is 4.57 Å². The summed E-state index contributed by atoms with van der Waals surface area (Å²) in [5, 5.41) is 19.6. The van der Waals surface area contributed by atoms with Crippen molar-refractivity contribution in [3.8, 4) is 0 Å². The number of nitrogens with zero attached hydrogens (tertiary/aromatic N) is 2. The summed E-state index contributed by atoms with van der Waals surface area (Å²) in [5.41, 5.74) is 5.12. The summed E-state index contributed by atoms with van der Waals surface area (Å²) in [6, 6.07) is 0. The van der Waals surface area contributed by atoms with Crippen LogP contribution in [0.4, 0.5) is 5.82 Å². The van der Waals surface area contributed by atoms with Crippen molar-refractivity contribution in [2.45, 2.75) is 31.5 Å². The minimum atomic E-state index is -1.24. The third-order valence-electron chi connectivity index (χ3n) is 3.02. The zero-order valence-electron chi connectivity index (χ0n) is 10.2. The zero-order valence-corrected chi connectivity index (χ0v) is 10.9. The monoisotopic (exact) mass is 287 g/mol. The van der Waals surface area contributed by atoms with Crippen LogP contribution in [0.5, 0.6) is 0 Å². The van der Waals surface area contributed by atoms with Crippen LogP contribution in [-0.2, 0) is 4.74 Å². The predicted octanol–water partition coefficient (Wildman–Crippen LogP) is -0.326. The van der Waals surface area contributed by atoms with E-state index in [4.69, 9.17) is 22.1 Å². The summed E-state index contributed by atoms with van der Waals surface area (Å²) in [6.45, 7) is 5.10. The van der Waals surface area contributed by atoms with Crippen LogP contribution in [0.2, 0.25) is 0 Å². The van der Waals surface area contributed by atoms with Gasteiger partial charge < -0.3 is 20.7 Å². The third kappa shape index (κ3) is 2.37. The molecule has 1 aromatic rings. The van der Waals surface area contributed by atoms with Gasteiger partial charge in [-0.25, -0.2) is 4.79 Å². The van der Waals surface area contributed by atoms with E-state index in [-0.39, 0.29) is 16.4 Å². The fourth-order valence-electron chi connectivity index (χ4n) is 1.93. The highest BCUT2D eigenvalue weighted by Gasteiger charge is 2.41. The minimum Gasteiger partial charge on any atom is -0.388 e. The Labute approximate surface area is 113 Å². The highest BCUT2D eigenvalue weighted by molar-refractivity contribution is 6.48. The Bertz CT molecular complexity index is 574. The number of hydrogen-bond donors (Lipinski definition) is 3. The topological polar surface area (TPSA) is 111 Å². The fraction of sp³-hybridized carbons (Fsp3) is 0.455. The average Bonchev–Trinajstić information content (AvgIpc) is 2.57. The first-order chi connectivity index (χ1) is 8.82. The van der Waals surface area contributed by atoms with Gasteiger partial charge in [-0.05, 0) is 6.92 Å². The molecular weight excluding hydrogens is 274 g/mol. The first-order valence-corrected chi connectivity index (χ1v) is 5.95. The Hall–Kier alpha value is -1.41. The van der Waals surface area contributed by atoms with E-state index in [1.165, 1.54) is 6.20 Å². The molecule has 104 valence electrons. The number of aliphatic hydroxyl groups excluding tert-OH is 2. The summed E-state index contributed by atoms with van der Waals surface area (Å²) < 4.78 is 6.38. The zero-order chi connectivity index (χ0) is 14.3. The molecule has 0 amide bonds. The minimum absolute atomic E-state index is 0.0534. The normalized spacial score (nSPS) is 30.5. The lowest BCUT2D eigenvalue weighted by Gasteiger charge is -2.18. The maximum Gasteiger partial charge on any atom is 0.351 e. The molecule has 1 aromatic heterocycles. The maximum atomic E-state index is 11.8. The van der Waals surface area contributed by atoms with Crippen LogP contribution in [0.1, 0.15) is 18.7 Å². The summed E-state index contributed by atoms with van der Waals surface area (Å²) in [7, 11) is 0. The molecule has 1 saturated heterocycles. The van der Waals surface area contributed by atoms with E-state index < -0.39 is 30.2 Å². The molecule has 0 aromatic carbocycles. The maximum absolute atomic E-state index is 11.8. The summed E-state index contributed by atoms with van der Waals surface area (Å²) in [6.07, 6.45) is -2.67. The number of halogens is 1. The van der Waals surface area contributed by atoms with Gasteiger partial charge in [-0.2, -0.15) is 4.98 Å². The molecule has 0 radical (unpaired) electrons. The number of hydrogen-bond acceptors (Lipinski definition) is 6. The number of anilines is 1. The number of nitrogens with two attached hydrogens (primary N) is 1. The van der Waals surface area contributed by atoms with Gasteiger partial charge in [0, 0.05) is 11.2 Å². The van der Waals surface area contributed by atoms with Crippen molar-refractivity contribution in [1.29, 1.82) is 0 Å². The lowest BCUT2D eigenvalue weighted by atomic mass is 10.1. The summed E-state index contributed by atoms with van der Waals surface area (Å²) >= 11 is 5.75. The first-order valence-electron chi connectivity index (χ1n) is 5.58. The molecule has 8 heteroatoms. The van der Waals surface area contributed by atoms with Crippen LogP contribution in [0.15, 0.2) is 17.6 Å². The van der Waals surface area contributed by atoms with Crippen molar-refractivity contribution in [3.63, 3.8) is 0 Å².